The van der Waals surface area contributed by atoms with E-state index in [0.29, 0.717) is 27.7 Å². The third-order valence-corrected chi connectivity index (χ3v) is 5.77. The van der Waals surface area contributed by atoms with Crippen molar-refractivity contribution in [3.8, 4) is 0 Å². The number of hydrogen-bond donors (Lipinski definition) is 2. The van der Waals surface area contributed by atoms with Gasteiger partial charge in [0.15, 0.2) is 0 Å². The molecule has 0 saturated carbocycles. The second kappa shape index (κ2) is 10.1. The maximum absolute atomic E-state index is 12.5. The highest BCUT2D eigenvalue weighted by atomic mass is 35.5. The molecule has 29 heavy (non-hydrogen) atoms. The normalized spacial score (nSPS) is 12.0. The van der Waals surface area contributed by atoms with Gasteiger partial charge in [-0.15, -0.1) is 0 Å². The summed E-state index contributed by atoms with van der Waals surface area (Å²) in [5.41, 5.74) is 4.43. The second-order valence-corrected chi connectivity index (χ2v) is 8.14. The SMILES string of the molecule is CNC(=O)c1cc(C)c(CC(CNC(=O)c2ccc(Cl)c(Cl)c2)N(C)C)c(C)c1. The minimum atomic E-state index is -0.196. The molecule has 0 aliphatic rings. The fraction of sp³-hybridized carbons (Fsp3) is 0.364. The number of rotatable bonds is 7. The third kappa shape index (κ3) is 5.95. The van der Waals surface area contributed by atoms with Crippen molar-refractivity contribution >= 4 is 35.0 Å². The lowest BCUT2D eigenvalue weighted by Gasteiger charge is -2.26. The zero-order valence-corrected chi connectivity index (χ0v) is 18.9. The molecule has 5 nitrogen and oxygen atoms in total. The zero-order valence-electron chi connectivity index (χ0n) is 17.4. The van der Waals surface area contributed by atoms with Crippen molar-refractivity contribution in [3.05, 3.63) is 68.2 Å². The van der Waals surface area contributed by atoms with Gasteiger partial charge >= 0.3 is 0 Å². The Morgan fingerprint density at radius 2 is 1.59 bits per heavy atom. The molecule has 156 valence electrons. The molecular formula is C22H27Cl2N3O2. The first-order valence-corrected chi connectivity index (χ1v) is 10.1. The zero-order chi connectivity index (χ0) is 21.7. The first-order chi connectivity index (χ1) is 13.6. The van der Waals surface area contributed by atoms with Crippen molar-refractivity contribution in [2.75, 3.05) is 27.7 Å². The number of carbonyl (C=O) groups excluding carboxylic acids is 2. The Labute approximate surface area is 182 Å². The molecule has 2 amide bonds. The van der Waals surface area contributed by atoms with Gasteiger partial charge in [0.2, 0.25) is 0 Å². The van der Waals surface area contributed by atoms with Crippen LogP contribution in [0.1, 0.15) is 37.4 Å². The summed E-state index contributed by atoms with van der Waals surface area (Å²) >= 11 is 11.9. The molecule has 2 aromatic rings. The van der Waals surface area contributed by atoms with Gasteiger partial charge in [0.25, 0.3) is 11.8 Å². The number of nitrogens with one attached hydrogen (secondary N) is 2. The summed E-state index contributed by atoms with van der Waals surface area (Å²) in [5, 5.41) is 6.41. The molecule has 0 aliphatic heterocycles. The Bertz CT molecular complexity index is 890. The van der Waals surface area contributed by atoms with Crippen molar-refractivity contribution in [2.45, 2.75) is 26.3 Å². The highest BCUT2D eigenvalue weighted by molar-refractivity contribution is 6.42. The fourth-order valence-corrected chi connectivity index (χ4v) is 3.51. The number of nitrogens with zero attached hydrogens (tertiary/aromatic N) is 1. The molecule has 2 N–H and O–H groups in total. The summed E-state index contributed by atoms with van der Waals surface area (Å²) < 4.78 is 0. The summed E-state index contributed by atoms with van der Waals surface area (Å²) in [6.07, 6.45) is 0.750. The van der Waals surface area contributed by atoms with E-state index in [9.17, 15) is 9.59 Å². The van der Waals surface area contributed by atoms with Gasteiger partial charge in [0.1, 0.15) is 0 Å². The molecule has 0 aromatic heterocycles. The molecule has 1 unspecified atom stereocenters. The van der Waals surface area contributed by atoms with E-state index >= 15 is 0 Å². The van der Waals surface area contributed by atoms with E-state index in [4.69, 9.17) is 23.2 Å². The average Bonchev–Trinajstić information content (AvgIpc) is 2.67. The summed E-state index contributed by atoms with van der Waals surface area (Å²) in [6.45, 7) is 4.49. The highest BCUT2D eigenvalue weighted by Gasteiger charge is 2.18. The van der Waals surface area contributed by atoms with Crippen LogP contribution in [0.4, 0.5) is 0 Å². The second-order valence-electron chi connectivity index (χ2n) is 7.33. The number of aryl methyl sites for hydroxylation is 2. The smallest absolute Gasteiger partial charge is 0.251 e. The minimum absolute atomic E-state index is 0.0879. The van der Waals surface area contributed by atoms with Gasteiger partial charge in [-0.2, -0.15) is 0 Å². The van der Waals surface area contributed by atoms with Crippen LogP contribution in [0, 0.1) is 13.8 Å². The topological polar surface area (TPSA) is 61.4 Å². The van der Waals surface area contributed by atoms with Crippen LogP contribution in [0.2, 0.25) is 10.0 Å². The average molecular weight is 436 g/mol. The standard InChI is InChI=1S/C22H27Cl2N3O2/c1-13-8-16(21(28)25-3)9-14(2)18(13)11-17(27(4)5)12-26-22(29)15-6-7-19(23)20(24)10-15/h6-10,17H,11-12H2,1-5H3,(H,25,28)(H,26,29). The van der Waals surface area contributed by atoms with E-state index in [1.165, 1.54) is 5.56 Å². The van der Waals surface area contributed by atoms with Crippen molar-refractivity contribution in [1.29, 1.82) is 0 Å². The summed E-state index contributed by atoms with van der Waals surface area (Å²) in [7, 11) is 5.60. The largest absolute Gasteiger partial charge is 0.355 e. The van der Waals surface area contributed by atoms with Crippen LogP contribution in [-0.4, -0.2) is 50.4 Å². The lowest BCUT2D eigenvalue weighted by atomic mass is 9.93. The van der Waals surface area contributed by atoms with Gasteiger partial charge in [0.05, 0.1) is 10.0 Å². The number of likely N-dealkylation sites (N-methyl/N-ethyl adjacent to an activating group) is 1. The Morgan fingerprint density at radius 3 is 2.10 bits per heavy atom. The van der Waals surface area contributed by atoms with Gasteiger partial charge in [-0.3, -0.25) is 9.59 Å². The Kier molecular flexibility index (Phi) is 8.08. The quantitative estimate of drug-likeness (QED) is 0.693. The summed E-state index contributed by atoms with van der Waals surface area (Å²) in [4.78, 5) is 26.5. The maximum Gasteiger partial charge on any atom is 0.251 e. The molecular weight excluding hydrogens is 409 g/mol. The third-order valence-electron chi connectivity index (χ3n) is 5.04. The number of benzene rings is 2. The summed E-state index contributed by atoms with van der Waals surface area (Å²) in [5.74, 6) is -0.292. The molecule has 0 heterocycles. The molecule has 2 rings (SSSR count). The maximum atomic E-state index is 12.5. The van der Waals surface area contributed by atoms with E-state index in [1.807, 2.05) is 40.1 Å². The molecule has 7 heteroatoms. The lowest BCUT2D eigenvalue weighted by molar-refractivity contribution is 0.0938. The number of hydrogen-bond acceptors (Lipinski definition) is 3. The molecule has 0 spiro atoms. The van der Waals surface area contributed by atoms with E-state index < -0.39 is 0 Å². The fourth-order valence-electron chi connectivity index (χ4n) is 3.21. The highest BCUT2D eigenvalue weighted by Crippen LogP contribution is 2.23. The Morgan fingerprint density at radius 1 is 0.966 bits per heavy atom. The Hall–Kier alpha value is -2.08. The van der Waals surface area contributed by atoms with Crippen molar-refractivity contribution < 1.29 is 9.59 Å². The molecule has 0 saturated heterocycles. The molecule has 0 aliphatic carbocycles. The number of amides is 2. The van der Waals surface area contributed by atoms with E-state index in [2.05, 4.69) is 15.5 Å². The molecule has 1 atom stereocenters. The van der Waals surface area contributed by atoms with E-state index in [1.54, 1.807) is 25.2 Å². The van der Waals surface area contributed by atoms with Crippen molar-refractivity contribution in [3.63, 3.8) is 0 Å². The van der Waals surface area contributed by atoms with Gasteiger partial charge in [-0.25, -0.2) is 0 Å². The monoisotopic (exact) mass is 435 g/mol. The van der Waals surface area contributed by atoms with Crippen molar-refractivity contribution in [1.82, 2.24) is 15.5 Å². The predicted octanol–water partition coefficient (Wildman–Crippen LogP) is 3.87. The van der Waals surface area contributed by atoms with Gasteiger partial charge in [-0.1, -0.05) is 23.2 Å². The van der Waals surface area contributed by atoms with Crippen LogP contribution in [0.3, 0.4) is 0 Å². The molecule has 0 bridgehead atoms. The van der Waals surface area contributed by atoms with Crippen LogP contribution in [0.25, 0.3) is 0 Å². The van der Waals surface area contributed by atoms with Crippen LogP contribution in [0.5, 0.6) is 0 Å². The predicted molar refractivity (Wildman–Crippen MR) is 119 cm³/mol. The van der Waals surface area contributed by atoms with Crippen LogP contribution in [0.15, 0.2) is 30.3 Å². The Balaban J connectivity index is 2.13. The first kappa shape index (κ1) is 23.2. The molecule has 0 fully saturated rings. The van der Waals surface area contributed by atoms with Crippen LogP contribution >= 0.6 is 23.2 Å². The lowest BCUT2D eigenvalue weighted by Crippen LogP contribution is -2.41. The van der Waals surface area contributed by atoms with Gasteiger partial charge in [0, 0.05) is 30.8 Å². The number of halogens is 2. The summed E-state index contributed by atoms with van der Waals surface area (Å²) in [6, 6.07) is 8.73. The van der Waals surface area contributed by atoms with Crippen LogP contribution in [-0.2, 0) is 6.42 Å². The molecule has 0 radical (unpaired) electrons. The molecule has 2 aromatic carbocycles. The number of carbonyl (C=O) groups is 2. The van der Waals surface area contributed by atoms with Crippen molar-refractivity contribution in [2.24, 2.45) is 0 Å². The minimum Gasteiger partial charge on any atom is -0.355 e. The van der Waals surface area contributed by atoms with E-state index in [-0.39, 0.29) is 17.9 Å². The van der Waals surface area contributed by atoms with Gasteiger partial charge in [-0.05, 0) is 81.4 Å². The van der Waals surface area contributed by atoms with Gasteiger partial charge < -0.3 is 15.5 Å². The van der Waals surface area contributed by atoms with E-state index in [0.717, 1.165) is 17.5 Å². The van der Waals surface area contributed by atoms with Crippen LogP contribution < -0.4 is 10.6 Å². The first-order valence-electron chi connectivity index (χ1n) is 9.36.